The zero-order valence-corrected chi connectivity index (χ0v) is 10.3. The average Bonchev–Trinajstić information content (AvgIpc) is 2.30. The first-order valence-electron chi connectivity index (χ1n) is 5.99. The fourth-order valence-electron chi connectivity index (χ4n) is 2.12. The number of rotatable bonds is 2. The Morgan fingerprint density at radius 3 is 2.88 bits per heavy atom. The summed E-state index contributed by atoms with van der Waals surface area (Å²) in [5.41, 5.74) is 7.21. The van der Waals surface area contributed by atoms with Crippen LogP contribution in [0.3, 0.4) is 0 Å². The highest BCUT2D eigenvalue weighted by atomic mass is 19.1. The Balaban J connectivity index is 2.26. The van der Waals surface area contributed by atoms with Gasteiger partial charge in [0.15, 0.2) is 0 Å². The maximum absolute atomic E-state index is 14.0. The minimum atomic E-state index is -0.200. The quantitative estimate of drug-likeness (QED) is 0.857. The first-order chi connectivity index (χ1) is 8.09. The first kappa shape index (κ1) is 12.3. The van der Waals surface area contributed by atoms with Crippen molar-refractivity contribution in [3.8, 4) is 0 Å². The molecule has 1 aromatic rings. The minimum absolute atomic E-state index is 0.138. The van der Waals surface area contributed by atoms with Crippen LogP contribution in [0, 0.1) is 5.82 Å². The molecule has 1 aliphatic rings. The number of anilines is 1. The second-order valence-corrected chi connectivity index (χ2v) is 4.62. The van der Waals surface area contributed by atoms with Gasteiger partial charge < -0.3 is 15.4 Å². The van der Waals surface area contributed by atoms with Crippen molar-refractivity contribution in [2.45, 2.75) is 25.9 Å². The molecule has 2 N–H and O–H groups in total. The van der Waals surface area contributed by atoms with Crippen molar-refractivity contribution in [3.05, 3.63) is 29.6 Å². The Bertz CT molecular complexity index is 395. The molecule has 0 aromatic heterocycles. The van der Waals surface area contributed by atoms with E-state index in [0.717, 1.165) is 12.1 Å². The number of nitrogens with two attached hydrogens (primary N) is 1. The standard InChI is InChI=1S/C13H19FN2O/c1-9-8-17-6-5-16(9)13-4-3-11(10(2)15)7-12(13)14/h3-4,7,9-10H,5-6,8,15H2,1-2H3/t9?,10-/m0/s1. The van der Waals surface area contributed by atoms with Crippen LogP contribution in [0.25, 0.3) is 0 Å². The van der Waals surface area contributed by atoms with E-state index in [4.69, 9.17) is 10.5 Å². The number of benzene rings is 1. The van der Waals surface area contributed by atoms with Crippen molar-refractivity contribution in [3.63, 3.8) is 0 Å². The van der Waals surface area contributed by atoms with Crippen molar-refractivity contribution in [1.82, 2.24) is 0 Å². The van der Waals surface area contributed by atoms with Gasteiger partial charge in [-0.05, 0) is 31.5 Å². The molecule has 3 nitrogen and oxygen atoms in total. The van der Waals surface area contributed by atoms with E-state index in [-0.39, 0.29) is 17.9 Å². The predicted octanol–water partition coefficient (Wildman–Crippen LogP) is 2.07. The van der Waals surface area contributed by atoms with Crippen LogP contribution in [-0.4, -0.2) is 25.8 Å². The van der Waals surface area contributed by atoms with E-state index < -0.39 is 0 Å². The number of hydrogen-bond acceptors (Lipinski definition) is 3. The third-order valence-corrected chi connectivity index (χ3v) is 3.17. The summed E-state index contributed by atoms with van der Waals surface area (Å²) in [5.74, 6) is -0.200. The van der Waals surface area contributed by atoms with E-state index in [9.17, 15) is 4.39 Å². The largest absolute Gasteiger partial charge is 0.377 e. The van der Waals surface area contributed by atoms with Gasteiger partial charge in [0.1, 0.15) is 5.82 Å². The zero-order valence-electron chi connectivity index (χ0n) is 10.3. The Morgan fingerprint density at radius 2 is 2.29 bits per heavy atom. The lowest BCUT2D eigenvalue weighted by Crippen LogP contribution is -2.44. The molecule has 2 rings (SSSR count). The molecule has 0 radical (unpaired) electrons. The van der Waals surface area contributed by atoms with Crippen LogP contribution in [0.2, 0.25) is 0 Å². The van der Waals surface area contributed by atoms with Gasteiger partial charge in [0.2, 0.25) is 0 Å². The molecule has 17 heavy (non-hydrogen) atoms. The van der Waals surface area contributed by atoms with Crippen LogP contribution in [0.5, 0.6) is 0 Å². The number of hydrogen-bond donors (Lipinski definition) is 1. The molecule has 0 amide bonds. The Labute approximate surface area is 101 Å². The topological polar surface area (TPSA) is 38.5 Å². The summed E-state index contributed by atoms with van der Waals surface area (Å²) in [6, 6.07) is 5.31. The summed E-state index contributed by atoms with van der Waals surface area (Å²) in [6.07, 6.45) is 0. The highest BCUT2D eigenvalue weighted by molar-refractivity contribution is 5.50. The molecule has 2 atom stereocenters. The van der Waals surface area contributed by atoms with Gasteiger partial charge in [-0.3, -0.25) is 0 Å². The SMILES string of the molecule is CC1COCCN1c1ccc([C@H](C)N)cc1F. The Morgan fingerprint density at radius 1 is 1.53 bits per heavy atom. The summed E-state index contributed by atoms with van der Waals surface area (Å²) < 4.78 is 19.4. The lowest BCUT2D eigenvalue weighted by atomic mass is 10.1. The first-order valence-corrected chi connectivity index (χ1v) is 5.99. The molecular weight excluding hydrogens is 219 g/mol. The maximum Gasteiger partial charge on any atom is 0.146 e. The highest BCUT2D eigenvalue weighted by Gasteiger charge is 2.21. The number of nitrogens with zero attached hydrogens (tertiary/aromatic N) is 1. The van der Waals surface area contributed by atoms with E-state index in [1.165, 1.54) is 6.07 Å². The molecule has 0 aliphatic carbocycles. The average molecular weight is 238 g/mol. The molecule has 1 heterocycles. The molecule has 94 valence electrons. The van der Waals surface area contributed by atoms with Crippen molar-refractivity contribution >= 4 is 5.69 Å². The highest BCUT2D eigenvalue weighted by Crippen LogP contribution is 2.25. The Hall–Kier alpha value is -1.13. The number of halogens is 1. The summed E-state index contributed by atoms with van der Waals surface area (Å²) in [7, 11) is 0. The van der Waals surface area contributed by atoms with Crippen LogP contribution >= 0.6 is 0 Å². The maximum atomic E-state index is 14.0. The number of morpholine rings is 1. The molecule has 0 bridgehead atoms. The third kappa shape index (κ3) is 2.58. The summed E-state index contributed by atoms with van der Waals surface area (Å²) in [4.78, 5) is 2.05. The molecule has 1 fully saturated rings. The molecule has 1 saturated heterocycles. The van der Waals surface area contributed by atoms with Crippen LogP contribution in [-0.2, 0) is 4.74 Å². The fraction of sp³-hybridized carbons (Fsp3) is 0.538. The van der Waals surface area contributed by atoms with E-state index >= 15 is 0 Å². The summed E-state index contributed by atoms with van der Waals surface area (Å²) in [6.45, 7) is 5.92. The molecule has 0 spiro atoms. The molecule has 1 unspecified atom stereocenters. The molecule has 1 aromatic carbocycles. The lowest BCUT2D eigenvalue weighted by molar-refractivity contribution is 0.0986. The van der Waals surface area contributed by atoms with Crippen molar-refractivity contribution in [1.29, 1.82) is 0 Å². The molecule has 1 aliphatic heterocycles. The molecular formula is C13H19FN2O. The van der Waals surface area contributed by atoms with Gasteiger partial charge in [0.25, 0.3) is 0 Å². The van der Waals surface area contributed by atoms with E-state index in [1.807, 2.05) is 30.9 Å². The van der Waals surface area contributed by atoms with E-state index in [0.29, 0.717) is 18.9 Å². The van der Waals surface area contributed by atoms with Crippen molar-refractivity contribution < 1.29 is 9.13 Å². The summed E-state index contributed by atoms with van der Waals surface area (Å²) >= 11 is 0. The molecule has 4 heteroatoms. The smallest absolute Gasteiger partial charge is 0.146 e. The third-order valence-electron chi connectivity index (χ3n) is 3.17. The van der Waals surface area contributed by atoms with Gasteiger partial charge in [-0.2, -0.15) is 0 Å². The van der Waals surface area contributed by atoms with Gasteiger partial charge in [-0.15, -0.1) is 0 Å². The van der Waals surface area contributed by atoms with Gasteiger partial charge >= 0.3 is 0 Å². The van der Waals surface area contributed by atoms with Gasteiger partial charge in [0, 0.05) is 18.6 Å². The van der Waals surface area contributed by atoms with Gasteiger partial charge in [-0.25, -0.2) is 4.39 Å². The lowest BCUT2D eigenvalue weighted by Gasteiger charge is -2.35. The second kappa shape index (κ2) is 5.02. The van der Waals surface area contributed by atoms with E-state index in [1.54, 1.807) is 0 Å². The molecule has 0 saturated carbocycles. The predicted molar refractivity (Wildman–Crippen MR) is 66.6 cm³/mol. The van der Waals surface area contributed by atoms with Crippen LogP contribution in [0.1, 0.15) is 25.5 Å². The van der Waals surface area contributed by atoms with Crippen LogP contribution in [0.15, 0.2) is 18.2 Å². The number of ether oxygens (including phenoxy) is 1. The van der Waals surface area contributed by atoms with Crippen LogP contribution < -0.4 is 10.6 Å². The Kier molecular flexibility index (Phi) is 3.64. The summed E-state index contributed by atoms with van der Waals surface area (Å²) in [5, 5.41) is 0. The van der Waals surface area contributed by atoms with Gasteiger partial charge in [-0.1, -0.05) is 6.07 Å². The minimum Gasteiger partial charge on any atom is -0.377 e. The van der Waals surface area contributed by atoms with Crippen molar-refractivity contribution in [2.24, 2.45) is 5.73 Å². The monoisotopic (exact) mass is 238 g/mol. The van der Waals surface area contributed by atoms with Crippen molar-refractivity contribution in [2.75, 3.05) is 24.7 Å². The second-order valence-electron chi connectivity index (χ2n) is 4.62. The fourth-order valence-corrected chi connectivity index (χ4v) is 2.12. The van der Waals surface area contributed by atoms with Gasteiger partial charge in [0.05, 0.1) is 18.9 Å². The van der Waals surface area contributed by atoms with Crippen LogP contribution in [0.4, 0.5) is 10.1 Å². The van der Waals surface area contributed by atoms with E-state index in [2.05, 4.69) is 0 Å². The zero-order chi connectivity index (χ0) is 12.4. The normalized spacial score (nSPS) is 22.6.